The lowest BCUT2D eigenvalue weighted by Gasteiger charge is -1.99. The van der Waals surface area contributed by atoms with E-state index < -0.39 is 6.56 Å². The van der Waals surface area contributed by atoms with Gasteiger partial charge in [-0.3, -0.25) is 4.68 Å². The molecule has 1 aromatic carbocycles. The quantitative estimate of drug-likeness (QED) is 0.780. The summed E-state index contributed by atoms with van der Waals surface area (Å²) >= 11 is 0. The van der Waals surface area contributed by atoms with Crippen molar-refractivity contribution < 1.29 is 7.85 Å². The van der Waals surface area contributed by atoms with E-state index >= 15 is 0 Å². The maximum atomic E-state index is 9.28. The van der Waals surface area contributed by atoms with E-state index in [1.54, 1.807) is 29.1 Å². The van der Waals surface area contributed by atoms with Crippen LogP contribution in [0.5, 0.6) is 0 Å². The number of hydrogen-bond acceptors (Lipinski definition) is 2. The van der Waals surface area contributed by atoms with Gasteiger partial charge in [0.1, 0.15) is 0 Å². The SMILES string of the molecule is [2H]C([2H])(O)c1cccc(-c2cnn(C)c2)c1. The van der Waals surface area contributed by atoms with Crippen LogP contribution in [0.15, 0.2) is 36.7 Å². The minimum absolute atomic E-state index is 0.244. The second-order valence-corrected chi connectivity index (χ2v) is 3.10. The Bertz CT molecular complexity index is 503. The van der Waals surface area contributed by atoms with Crippen molar-refractivity contribution in [3.63, 3.8) is 0 Å². The van der Waals surface area contributed by atoms with E-state index in [9.17, 15) is 5.11 Å². The molecule has 0 amide bonds. The molecule has 0 spiro atoms. The molecule has 2 aromatic rings. The van der Waals surface area contributed by atoms with E-state index in [1.807, 2.05) is 19.3 Å². The normalized spacial score (nSPS) is 13.6. The van der Waals surface area contributed by atoms with Crippen LogP contribution in [-0.4, -0.2) is 14.9 Å². The minimum atomic E-state index is -2.31. The van der Waals surface area contributed by atoms with Crippen LogP contribution < -0.4 is 0 Å². The van der Waals surface area contributed by atoms with Crippen molar-refractivity contribution in [2.75, 3.05) is 0 Å². The summed E-state index contributed by atoms with van der Waals surface area (Å²) in [5, 5.41) is 13.3. The Kier molecular flexibility index (Phi) is 1.76. The number of aromatic nitrogens is 2. The largest absolute Gasteiger partial charge is 0.392 e. The Balaban J connectivity index is 2.44. The van der Waals surface area contributed by atoms with Crippen LogP contribution in [-0.2, 0) is 13.6 Å². The fourth-order valence-corrected chi connectivity index (χ4v) is 1.34. The highest BCUT2D eigenvalue weighted by Crippen LogP contribution is 2.19. The van der Waals surface area contributed by atoms with Gasteiger partial charge in [0.05, 0.1) is 15.5 Å². The van der Waals surface area contributed by atoms with Crippen molar-refractivity contribution in [1.29, 1.82) is 0 Å². The second kappa shape index (κ2) is 3.64. The van der Waals surface area contributed by atoms with Crippen LogP contribution in [0.3, 0.4) is 0 Å². The maximum Gasteiger partial charge on any atom is 0.0682 e. The first-order chi connectivity index (χ1) is 7.47. The van der Waals surface area contributed by atoms with Crippen LogP contribution >= 0.6 is 0 Å². The second-order valence-electron chi connectivity index (χ2n) is 3.10. The molecule has 0 saturated heterocycles. The van der Waals surface area contributed by atoms with Gasteiger partial charge in [-0.25, -0.2) is 0 Å². The summed E-state index contributed by atoms with van der Waals surface area (Å²) in [6, 6.07) is 6.74. The smallest absolute Gasteiger partial charge is 0.0682 e. The van der Waals surface area contributed by atoms with Gasteiger partial charge in [0, 0.05) is 18.8 Å². The van der Waals surface area contributed by atoms with Crippen molar-refractivity contribution in [2.45, 2.75) is 6.56 Å². The third-order valence-electron chi connectivity index (χ3n) is 2.03. The van der Waals surface area contributed by atoms with Crippen molar-refractivity contribution >= 4 is 0 Å². The van der Waals surface area contributed by atoms with Gasteiger partial charge in [-0.2, -0.15) is 5.10 Å². The molecule has 0 unspecified atom stereocenters. The standard InChI is InChI=1S/C11H12N2O/c1-13-7-11(6-12-13)10-4-2-3-9(5-10)8-14/h2-7,14H,8H2,1H3/i8D2. The first-order valence-electron chi connectivity index (χ1n) is 5.29. The number of aliphatic hydroxyl groups is 1. The molecule has 0 atom stereocenters. The summed E-state index contributed by atoms with van der Waals surface area (Å²) in [6.07, 6.45) is 3.54. The van der Waals surface area contributed by atoms with Gasteiger partial charge in [-0.1, -0.05) is 18.2 Å². The van der Waals surface area contributed by atoms with Crippen LogP contribution in [0, 0.1) is 0 Å². The molecule has 0 fully saturated rings. The van der Waals surface area contributed by atoms with E-state index in [0.29, 0.717) is 0 Å². The zero-order valence-corrected chi connectivity index (χ0v) is 7.81. The van der Waals surface area contributed by atoms with Gasteiger partial charge in [0.2, 0.25) is 0 Å². The topological polar surface area (TPSA) is 38.1 Å². The lowest BCUT2D eigenvalue weighted by atomic mass is 10.1. The van der Waals surface area contributed by atoms with E-state index in [0.717, 1.165) is 11.1 Å². The van der Waals surface area contributed by atoms with E-state index in [-0.39, 0.29) is 5.56 Å². The van der Waals surface area contributed by atoms with E-state index in [4.69, 9.17) is 2.74 Å². The minimum Gasteiger partial charge on any atom is -0.392 e. The van der Waals surface area contributed by atoms with Crippen LogP contribution in [0.1, 0.15) is 8.30 Å². The number of rotatable bonds is 2. The predicted octanol–water partition coefficient (Wildman–Crippen LogP) is 1.58. The average Bonchev–Trinajstić information content (AvgIpc) is 2.64. The molecule has 0 aliphatic rings. The Morgan fingerprint density at radius 1 is 1.50 bits per heavy atom. The number of hydrogen-bond donors (Lipinski definition) is 1. The summed E-state index contributed by atoms with van der Waals surface area (Å²) in [4.78, 5) is 0. The Hall–Kier alpha value is -1.61. The molecule has 1 N–H and O–H groups in total. The Labute approximate surface area is 85.4 Å². The summed E-state index contributed by atoms with van der Waals surface area (Å²) in [7, 11) is 1.82. The monoisotopic (exact) mass is 190 g/mol. The molecule has 14 heavy (non-hydrogen) atoms. The number of aryl methyl sites for hydroxylation is 1. The lowest BCUT2D eigenvalue weighted by Crippen LogP contribution is -1.85. The molecule has 0 aliphatic heterocycles. The fraction of sp³-hybridized carbons (Fsp3) is 0.182. The molecule has 1 aromatic heterocycles. The first-order valence-corrected chi connectivity index (χ1v) is 4.29. The summed E-state index contributed by atoms with van der Waals surface area (Å²) < 4.78 is 16.2. The molecule has 3 nitrogen and oxygen atoms in total. The number of nitrogens with zero attached hydrogens (tertiary/aromatic N) is 2. The lowest BCUT2D eigenvalue weighted by molar-refractivity contribution is 0.282. The van der Waals surface area contributed by atoms with Crippen LogP contribution in [0.4, 0.5) is 0 Å². The van der Waals surface area contributed by atoms with Crippen molar-refractivity contribution in [1.82, 2.24) is 9.78 Å². The molecular formula is C11H12N2O. The molecule has 0 radical (unpaired) electrons. The Morgan fingerprint density at radius 2 is 2.36 bits per heavy atom. The fourth-order valence-electron chi connectivity index (χ4n) is 1.34. The van der Waals surface area contributed by atoms with Crippen molar-refractivity contribution in [3.05, 3.63) is 42.2 Å². The van der Waals surface area contributed by atoms with Gasteiger partial charge >= 0.3 is 0 Å². The highest BCUT2D eigenvalue weighted by atomic mass is 16.3. The van der Waals surface area contributed by atoms with Gasteiger partial charge in [-0.05, 0) is 17.2 Å². The highest BCUT2D eigenvalue weighted by Gasteiger charge is 2.00. The number of benzene rings is 1. The average molecular weight is 190 g/mol. The van der Waals surface area contributed by atoms with Gasteiger partial charge < -0.3 is 5.11 Å². The van der Waals surface area contributed by atoms with E-state index in [1.165, 1.54) is 0 Å². The molecule has 0 aliphatic carbocycles. The van der Waals surface area contributed by atoms with Crippen LogP contribution in [0.2, 0.25) is 0 Å². The third-order valence-corrected chi connectivity index (χ3v) is 2.03. The summed E-state index contributed by atoms with van der Waals surface area (Å²) in [6.45, 7) is -2.31. The van der Waals surface area contributed by atoms with Crippen molar-refractivity contribution in [3.8, 4) is 11.1 Å². The van der Waals surface area contributed by atoms with Crippen LogP contribution in [0.25, 0.3) is 11.1 Å². The zero-order valence-electron chi connectivity index (χ0n) is 9.81. The molecule has 3 heteroatoms. The van der Waals surface area contributed by atoms with Gasteiger partial charge in [0.25, 0.3) is 0 Å². The van der Waals surface area contributed by atoms with E-state index in [2.05, 4.69) is 5.10 Å². The predicted molar refractivity (Wildman–Crippen MR) is 54.6 cm³/mol. The first kappa shape index (κ1) is 6.79. The van der Waals surface area contributed by atoms with Crippen molar-refractivity contribution in [2.24, 2.45) is 7.05 Å². The zero-order chi connectivity index (χ0) is 11.8. The van der Waals surface area contributed by atoms with Gasteiger partial charge in [-0.15, -0.1) is 0 Å². The highest BCUT2D eigenvalue weighted by molar-refractivity contribution is 5.62. The molecule has 0 saturated carbocycles. The molecule has 1 heterocycles. The van der Waals surface area contributed by atoms with Gasteiger partial charge in [0.15, 0.2) is 0 Å². The molecule has 0 bridgehead atoms. The maximum absolute atomic E-state index is 9.28. The Morgan fingerprint density at radius 3 is 3.00 bits per heavy atom. The molecular weight excluding hydrogens is 176 g/mol. The summed E-state index contributed by atoms with van der Waals surface area (Å²) in [5.74, 6) is 0. The molecule has 72 valence electrons. The molecule has 2 rings (SSSR count). The summed E-state index contributed by atoms with van der Waals surface area (Å²) in [5.41, 5.74) is 1.98. The third kappa shape index (κ3) is 1.67.